The molecule has 0 aliphatic carbocycles. The summed E-state index contributed by atoms with van der Waals surface area (Å²) in [5.74, 6) is 0. The predicted molar refractivity (Wildman–Crippen MR) is 73.3 cm³/mol. The first kappa shape index (κ1) is 16.2. The molecule has 1 aliphatic heterocycles. The molecule has 16 heavy (non-hydrogen) atoms. The highest BCUT2D eigenvalue weighted by Crippen LogP contribution is 2.16. The molecule has 0 aromatic heterocycles. The molecule has 2 N–H and O–H groups in total. The van der Waals surface area contributed by atoms with Crippen LogP contribution < -0.4 is 5.73 Å². The number of nitrogens with two attached hydrogens (primary N) is 1. The zero-order chi connectivity index (χ0) is 11.5. The van der Waals surface area contributed by atoms with Gasteiger partial charge in [-0.1, -0.05) is 6.92 Å². The molecule has 0 saturated carbocycles. The predicted octanol–water partition coefficient (Wildman–Crippen LogP) is 1.56. The molecule has 0 aromatic carbocycles. The average molecular weight is 250 g/mol. The van der Waals surface area contributed by atoms with Crippen molar-refractivity contribution in [2.45, 2.75) is 45.2 Å². The second-order valence-electron chi connectivity index (χ2n) is 5.57. The first-order valence-electron chi connectivity index (χ1n) is 6.14. The summed E-state index contributed by atoms with van der Waals surface area (Å²) in [7, 11) is 2.21. The van der Waals surface area contributed by atoms with Crippen molar-refractivity contribution in [2.24, 2.45) is 5.73 Å². The Bertz CT molecular complexity index is 183. The number of hydrogen-bond donors (Lipinski definition) is 1. The molecule has 1 fully saturated rings. The van der Waals surface area contributed by atoms with Gasteiger partial charge < -0.3 is 15.5 Å². The first-order valence-corrected chi connectivity index (χ1v) is 6.14. The molecule has 1 heterocycles. The smallest absolute Gasteiger partial charge is 0.0226 e. The summed E-state index contributed by atoms with van der Waals surface area (Å²) in [6.45, 7) is 11.1. The Morgan fingerprint density at radius 3 is 2.19 bits per heavy atom. The molecule has 1 aliphatic rings. The number of piperidine rings is 1. The summed E-state index contributed by atoms with van der Waals surface area (Å²) in [6.07, 6.45) is 2.58. The number of likely N-dealkylation sites (N-methyl/N-ethyl adjacent to an activating group) is 1. The van der Waals surface area contributed by atoms with Gasteiger partial charge in [-0.2, -0.15) is 0 Å². The Balaban J connectivity index is 0.00000225. The molecular formula is C12H28ClN3. The van der Waals surface area contributed by atoms with Gasteiger partial charge in [-0.05, 0) is 53.4 Å². The normalized spacial score (nSPS) is 19.9. The van der Waals surface area contributed by atoms with Crippen molar-refractivity contribution in [1.82, 2.24) is 9.80 Å². The van der Waals surface area contributed by atoms with Crippen LogP contribution >= 0.6 is 12.4 Å². The highest BCUT2D eigenvalue weighted by atomic mass is 35.5. The number of rotatable bonds is 4. The molecule has 0 atom stereocenters. The molecular weight excluding hydrogens is 222 g/mol. The van der Waals surface area contributed by atoms with Crippen molar-refractivity contribution >= 4 is 12.4 Å². The molecule has 3 nitrogen and oxygen atoms in total. The van der Waals surface area contributed by atoms with E-state index >= 15 is 0 Å². The molecule has 1 rings (SSSR count). The summed E-state index contributed by atoms with van der Waals surface area (Å²) in [5.41, 5.74) is 5.97. The van der Waals surface area contributed by atoms with Crippen molar-refractivity contribution < 1.29 is 0 Å². The Kier molecular flexibility index (Phi) is 6.87. The van der Waals surface area contributed by atoms with Crippen LogP contribution in [0.2, 0.25) is 0 Å². The number of likely N-dealkylation sites (tertiary alicyclic amines) is 1. The van der Waals surface area contributed by atoms with Crippen LogP contribution in [0.25, 0.3) is 0 Å². The lowest BCUT2D eigenvalue weighted by Gasteiger charge is -2.38. The molecule has 0 unspecified atom stereocenters. The Morgan fingerprint density at radius 2 is 1.81 bits per heavy atom. The van der Waals surface area contributed by atoms with E-state index in [9.17, 15) is 0 Å². The summed E-state index contributed by atoms with van der Waals surface area (Å²) in [4.78, 5) is 4.96. The fourth-order valence-corrected chi connectivity index (χ4v) is 2.45. The van der Waals surface area contributed by atoms with Crippen molar-refractivity contribution in [3.63, 3.8) is 0 Å². The van der Waals surface area contributed by atoms with Crippen LogP contribution in [0.5, 0.6) is 0 Å². The second kappa shape index (κ2) is 6.80. The molecule has 98 valence electrons. The minimum absolute atomic E-state index is 0. The Hall–Kier alpha value is 0.170. The standard InChI is InChI=1S/C12H27N3.ClH/c1-5-15-8-6-11(7-9-15)14(4)10-12(2,3)13;/h11H,5-10,13H2,1-4H3;1H. The van der Waals surface area contributed by atoms with Crippen LogP contribution in [-0.4, -0.2) is 54.6 Å². The van der Waals surface area contributed by atoms with Crippen LogP contribution in [0.1, 0.15) is 33.6 Å². The summed E-state index contributed by atoms with van der Waals surface area (Å²) in [6, 6.07) is 0.732. The lowest BCUT2D eigenvalue weighted by atomic mass is 10.0. The van der Waals surface area contributed by atoms with Gasteiger partial charge in [0.15, 0.2) is 0 Å². The van der Waals surface area contributed by atoms with Crippen LogP contribution in [0.4, 0.5) is 0 Å². The van der Waals surface area contributed by atoms with Gasteiger partial charge in [-0.3, -0.25) is 0 Å². The molecule has 0 radical (unpaired) electrons. The lowest BCUT2D eigenvalue weighted by Crippen LogP contribution is -2.50. The quantitative estimate of drug-likeness (QED) is 0.821. The summed E-state index contributed by atoms with van der Waals surface area (Å²) >= 11 is 0. The Morgan fingerprint density at radius 1 is 1.31 bits per heavy atom. The first-order chi connectivity index (χ1) is 6.92. The Labute approximate surface area is 107 Å². The third kappa shape index (κ3) is 5.48. The maximum Gasteiger partial charge on any atom is 0.0226 e. The molecule has 0 spiro atoms. The maximum atomic E-state index is 6.04. The highest BCUT2D eigenvalue weighted by molar-refractivity contribution is 5.85. The summed E-state index contributed by atoms with van der Waals surface area (Å²) in [5, 5.41) is 0. The second-order valence-corrected chi connectivity index (χ2v) is 5.57. The summed E-state index contributed by atoms with van der Waals surface area (Å²) < 4.78 is 0. The van der Waals surface area contributed by atoms with E-state index in [1.807, 2.05) is 0 Å². The molecule has 0 aromatic rings. The van der Waals surface area contributed by atoms with E-state index < -0.39 is 0 Å². The van der Waals surface area contributed by atoms with Gasteiger partial charge in [0.05, 0.1) is 0 Å². The fourth-order valence-electron chi connectivity index (χ4n) is 2.45. The van der Waals surface area contributed by atoms with Crippen LogP contribution in [-0.2, 0) is 0 Å². The van der Waals surface area contributed by atoms with Gasteiger partial charge in [0.25, 0.3) is 0 Å². The van der Waals surface area contributed by atoms with Gasteiger partial charge in [-0.25, -0.2) is 0 Å². The average Bonchev–Trinajstić information content (AvgIpc) is 2.15. The molecule has 0 amide bonds. The van der Waals surface area contributed by atoms with E-state index in [1.165, 1.54) is 32.5 Å². The van der Waals surface area contributed by atoms with Crippen molar-refractivity contribution in [1.29, 1.82) is 0 Å². The number of nitrogens with zero attached hydrogens (tertiary/aromatic N) is 2. The zero-order valence-electron chi connectivity index (χ0n) is 11.2. The van der Waals surface area contributed by atoms with E-state index in [0.717, 1.165) is 12.6 Å². The van der Waals surface area contributed by atoms with Crippen molar-refractivity contribution in [3.05, 3.63) is 0 Å². The monoisotopic (exact) mass is 249 g/mol. The fraction of sp³-hybridized carbons (Fsp3) is 1.00. The van der Waals surface area contributed by atoms with Crippen LogP contribution in [0.3, 0.4) is 0 Å². The molecule has 0 bridgehead atoms. The maximum absolute atomic E-state index is 6.04. The minimum atomic E-state index is -0.0728. The van der Waals surface area contributed by atoms with Crippen LogP contribution in [0, 0.1) is 0 Å². The highest BCUT2D eigenvalue weighted by Gasteiger charge is 2.24. The van der Waals surface area contributed by atoms with Gasteiger partial charge in [0.1, 0.15) is 0 Å². The van der Waals surface area contributed by atoms with E-state index in [0.29, 0.717) is 0 Å². The van der Waals surface area contributed by atoms with E-state index in [2.05, 4.69) is 37.6 Å². The molecule has 1 saturated heterocycles. The molecule has 4 heteroatoms. The topological polar surface area (TPSA) is 32.5 Å². The third-order valence-corrected chi connectivity index (χ3v) is 3.28. The largest absolute Gasteiger partial charge is 0.324 e. The number of halogens is 1. The van der Waals surface area contributed by atoms with Gasteiger partial charge in [0, 0.05) is 18.1 Å². The van der Waals surface area contributed by atoms with E-state index in [4.69, 9.17) is 5.73 Å². The van der Waals surface area contributed by atoms with Gasteiger partial charge in [0.2, 0.25) is 0 Å². The lowest BCUT2D eigenvalue weighted by molar-refractivity contribution is 0.117. The SMILES string of the molecule is CCN1CCC(N(C)CC(C)(C)N)CC1.Cl. The van der Waals surface area contributed by atoms with Crippen molar-refractivity contribution in [2.75, 3.05) is 33.2 Å². The van der Waals surface area contributed by atoms with Crippen LogP contribution in [0.15, 0.2) is 0 Å². The van der Waals surface area contributed by atoms with Gasteiger partial charge >= 0.3 is 0 Å². The van der Waals surface area contributed by atoms with Crippen molar-refractivity contribution in [3.8, 4) is 0 Å². The number of hydrogen-bond acceptors (Lipinski definition) is 3. The van der Waals surface area contributed by atoms with E-state index in [-0.39, 0.29) is 17.9 Å². The zero-order valence-corrected chi connectivity index (χ0v) is 12.0. The van der Waals surface area contributed by atoms with E-state index in [1.54, 1.807) is 0 Å². The minimum Gasteiger partial charge on any atom is -0.324 e. The third-order valence-electron chi connectivity index (χ3n) is 3.28. The van der Waals surface area contributed by atoms with Gasteiger partial charge in [-0.15, -0.1) is 12.4 Å².